The lowest BCUT2D eigenvalue weighted by Gasteiger charge is -2.39. The van der Waals surface area contributed by atoms with E-state index in [1.54, 1.807) is 16.8 Å². The molecular weight excluding hydrogens is 491 g/mol. The van der Waals surface area contributed by atoms with Gasteiger partial charge in [-0.2, -0.15) is 68.4 Å². The van der Waals surface area contributed by atoms with Gasteiger partial charge in [-0.3, -0.25) is 4.79 Å². The quantitative estimate of drug-likeness (QED) is 0.275. The van der Waals surface area contributed by atoms with Crippen LogP contribution in [-0.4, -0.2) is 48.4 Å². The number of hydrogen-bond donors (Lipinski definition) is 0. The van der Waals surface area contributed by atoms with E-state index in [1.807, 2.05) is 0 Å². The number of carbonyl (C=O) groups is 1. The molecule has 0 radical (unpaired) electrons. The van der Waals surface area contributed by atoms with Gasteiger partial charge in [0.1, 0.15) is 0 Å². The third-order valence-corrected chi connectivity index (χ3v) is 4.61. The van der Waals surface area contributed by atoms with Gasteiger partial charge in [-0.05, 0) is 22.4 Å². The molecule has 31 heavy (non-hydrogen) atoms. The molecule has 0 N–H and O–H groups in total. The van der Waals surface area contributed by atoms with Crippen molar-refractivity contribution < 1.29 is 66.6 Å². The second-order valence-electron chi connectivity index (χ2n) is 6.10. The lowest BCUT2D eigenvalue weighted by molar-refractivity contribution is -0.440. The standard InChI is InChI=1S/C15H11F13O2S/c16-10(17,4-1-9(29)30-5-2-8-3-6-31-7-8)11(18,19)12(20,21)13(22,23)14(24,25)15(26,27)28/h3,6-7H,1-2,4-5H2. The number of ether oxygens (including phenoxy) is 1. The summed E-state index contributed by atoms with van der Waals surface area (Å²) >= 11 is 1.24. The topological polar surface area (TPSA) is 26.3 Å². The van der Waals surface area contributed by atoms with Gasteiger partial charge >= 0.3 is 41.8 Å². The molecule has 0 amide bonds. The summed E-state index contributed by atoms with van der Waals surface area (Å²) in [5.41, 5.74) is 0.627. The van der Waals surface area contributed by atoms with Gasteiger partial charge in [-0.25, -0.2) is 0 Å². The minimum atomic E-state index is -7.95. The SMILES string of the molecule is O=C(CCC(F)(F)C(F)(F)C(F)(F)C(F)(F)C(F)(F)C(F)(F)F)OCCc1ccsc1. The highest BCUT2D eigenvalue weighted by molar-refractivity contribution is 7.07. The normalized spacial score (nSPS) is 14.6. The zero-order valence-corrected chi connectivity index (χ0v) is 15.5. The van der Waals surface area contributed by atoms with Crippen LogP contribution < -0.4 is 0 Å². The molecule has 0 atom stereocenters. The zero-order chi connectivity index (χ0) is 24.5. The Morgan fingerprint density at radius 3 is 1.77 bits per heavy atom. The summed E-state index contributed by atoms with van der Waals surface area (Å²) in [5, 5.41) is 3.22. The van der Waals surface area contributed by atoms with Crippen molar-refractivity contribution in [3.05, 3.63) is 22.4 Å². The highest BCUT2D eigenvalue weighted by atomic mass is 32.1. The molecule has 0 bridgehead atoms. The van der Waals surface area contributed by atoms with Gasteiger partial charge in [0.05, 0.1) is 13.0 Å². The van der Waals surface area contributed by atoms with Gasteiger partial charge in [0.2, 0.25) is 0 Å². The number of hydrogen-bond acceptors (Lipinski definition) is 3. The Balaban J connectivity index is 2.91. The molecule has 0 unspecified atom stereocenters. The highest BCUT2D eigenvalue weighted by Crippen LogP contribution is 2.60. The van der Waals surface area contributed by atoms with Crippen LogP contribution in [0.4, 0.5) is 57.1 Å². The summed E-state index contributed by atoms with van der Waals surface area (Å²) in [6.45, 7) is -0.455. The number of rotatable bonds is 10. The fourth-order valence-corrected chi connectivity index (χ4v) is 2.71. The summed E-state index contributed by atoms with van der Waals surface area (Å²) in [7, 11) is 0. The van der Waals surface area contributed by atoms with Gasteiger partial charge in [-0.15, -0.1) is 0 Å². The maximum absolute atomic E-state index is 13.5. The summed E-state index contributed by atoms with van der Waals surface area (Å²) in [6, 6.07) is 1.58. The number of halogens is 13. The summed E-state index contributed by atoms with van der Waals surface area (Å²) in [6.07, 6.45) is -11.7. The van der Waals surface area contributed by atoms with Crippen molar-refractivity contribution in [3.8, 4) is 0 Å². The smallest absolute Gasteiger partial charge is 0.460 e. The maximum atomic E-state index is 13.5. The second-order valence-corrected chi connectivity index (χ2v) is 6.88. The fraction of sp³-hybridized carbons (Fsp3) is 0.667. The van der Waals surface area contributed by atoms with Crippen molar-refractivity contribution in [1.82, 2.24) is 0 Å². The molecule has 0 fully saturated rings. The monoisotopic (exact) mass is 502 g/mol. The van der Waals surface area contributed by atoms with E-state index in [1.165, 1.54) is 11.3 Å². The molecule has 0 aliphatic heterocycles. The van der Waals surface area contributed by atoms with Gasteiger partial charge in [0, 0.05) is 12.8 Å². The van der Waals surface area contributed by atoms with Crippen molar-refractivity contribution in [1.29, 1.82) is 0 Å². The van der Waals surface area contributed by atoms with Crippen LogP contribution in [0.3, 0.4) is 0 Å². The van der Waals surface area contributed by atoms with Gasteiger partial charge < -0.3 is 4.74 Å². The first-order valence-electron chi connectivity index (χ1n) is 7.85. The number of esters is 1. The van der Waals surface area contributed by atoms with Crippen molar-refractivity contribution in [2.45, 2.75) is 55.1 Å². The molecule has 0 aromatic carbocycles. The Kier molecular flexibility index (Phi) is 7.62. The average Bonchev–Trinajstić information content (AvgIpc) is 3.11. The lowest BCUT2D eigenvalue weighted by atomic mass is 9.92. The van der Waals surface area contributed by atoms with Gasteiger partial charge in [0.25, 0.3) is 0 Å². The van der Waals surface area contributed by atoms with Crippen LogP contribution in [0.25, 0.3) is 0 Å². The first-order valence-corrected chi connectivity index (χ1v) is 8.79. The largest absolute Gasteiger partial charge is 0.465 e. The third-order valence-electron chi connectivity index (χ3n) is 3.88. The van der Waals surface area contributed by atoms with Crippen LogP contribution in [0.5, 0.6) is 0 Å². The van der Waals surface area contributed by atoms with Crippen molar-refractivity contribution >= 4 is 17.3 Å². The predicted molar refractivity (Wildman–Crippen MR) is 79.0 cm³/mol. The van der Waals surface area contributed by atoms with E-state index in [2.05, 4.69) is 4.74 Å². The molecular formula is C15H11F13O2S. The molecule has 0 aliphatic rings. The predicted octanol–water partition coefficient (Wildman–Crippen LogP) is 6.35. The Hall–Kier alpha value is -1.74. The molecule has 1 rings (SSSR count). The lowest BCUT2D eigenvalue weighted by Crippen LogP contribution is -2.70. The van der Waals surface area contributed by atoms with Gasteiger partial charge in [-0.1, -0.05) is 0 Å². The molecule has 0 spiro atoms. The third kappa shape index (κ3) is 5.03. The highest BCUT2D eigenvalue weighted by Gasteiger charge is 2.90. The summed E-state index contributed by atoms with van der Waals surface area (Å²) < 4.78 is 172. The van der Waals surface area contributed by atoms with Crippen LogP contribution in [0, 0.1) is 0 Å². The van der Waals surface area contributed by atoms with Crippen molar-refractivity contribution in [3.63, 3.8) is 0 Å². The maximum Gasteiger partial charge on any atom is 0.460 e. The summed E-state index contributed by atoms with van der Waals surface area (Å²) in [5.74, 6) is -38.9. The molecule has 1 aromatic rings. The molecule has 0 saturated heterocycles. The van der Waals surface area contributed by atoms with E-state index in [0.717, 1.165) is 0 Å². The molecule has 16 heteroatoms. The number of carbonyl (C=O) groups excluding carboxylic acids is 1. The first-order chi connectivity index (χ1) is 13.7. The summed E-state index contributed by atoms with van der Waals surface area (Å²) in [4.78, 5) is 11.3. The minimum Gasteiger partial charge on any atom is -0.465 e. The first kappa shape index (κ1) is 27.3. The van der Waals surface area contributed by atoms with Crippen LogP contribution >= 0.6 is 11.3 Å². The Morgan fingerprint density at radius 1 is 0.806 bits per heavy atom. The minimum absolute atomic E-state index is 0.0542. The van der Waals surface area contributed by atoms with Crippen LogP contribution in [-0.2, 0) is 16.0 Å². The number of thiophene rings is 1. The second kappa shape index (κ2) is 8.65. The average molecular weight is 502 g/mol. The van der Waals surface area contributed by atoms with E-state index in [4.69, 9.17) is 0 Å². The Morgan fingerprint density at radius 2 is 1.32 bits per heavy atom. The van der Waals surface area contributed by atoms with Gasteiger partial charge in [0.15, 0.2) is 0 Å². The molecule has 1 aromatic heterocycles. The van der Waals surface area contributed by atoms with E-state index < -0.39 is 61.2 Å². The molecule has 0 aliphatic carbocycles. The van der Waals surface area contributed by atoms with Crippen LogP contribution in [0.2, 0.25) is 0 Å². The van der Waals surface area contributed by atoms with Crippen LogP contribution in [0.1, 0.15) is 18.4 Å². The Bertz CT molecular complexity index is 741. The van der Waals surface area contributed by atoms with Crippen LogP contribution in [0.15, 0.2) is 16.8 Å². The van der Waals surface area contributed by atoms with E-state index >= 15 is 0 Å². The van der Waals surface area contributed by atoms with E-state index in [9.17, 15) is 61.9 Å². The van der Waals surface area contributed by atoms with Crippen molar-refractivity contribution in [2.24, 2.45) is 0 Å². The zero-order valence-electron chi connectivity index (χ0n) is 14.7. The molecule has 1 heterocycles. The molecule has 2 nitrogen and oxygen atoms in total. The fourth-order valence-electron chi connectivity index (χ4n) is 2.01. The van der Waals surface area contributed by atoms with E-state index in [-0.39, 0.29) is 6.42 Å². The Labute approximate surface area is 169 Å². The molecule has 0 saturated carbocycles. The molecule has 180 valence electrons. The van der Waals surface area contributed by atoms with Crippen molar-refractivity contribution in [2.75, 3.05) is 6.61 Å². The van der Waals surface area contributed by atoms with E-state index in [0.29, 0.717) is 5.56 Å². The number of alkyl halides is 13.